The zero-order valence-corrected chi connectivity index (χ0v) is 13.5. The van der Waals surface area contributed by atoms with E-state index in [0.29, 0.717) is 16.1 Å². The molecule has 0 atom stereocenters. The molecule has 24 heavy (non-hydrogen) atoms. The third-order valence-corrected chi connectivity index (χ3v) is 4.16. The highest BCUT2D eigenvalue weighted by Crippen LogP contribution is 2.29. The Morgan fingerprint density at radius 3 is 2.00 bits per heavy atom. The number of carboxylic acid groups (broad SMARTS) is 2. The Labute approximate surface area is 145 Å². The number of carboxylic acids is 2. The number of aliphatic carboxylic acids is 2. The van der Waals surface area contributed by atoms with Gasteiger partial charge in [-0.25, -0.2) is 9.59 Å². The van der Waals surface area contributed by atoms with Gasteiger partial charge < -0.3 is 10.2 Å². The van der Waals surface area contributed by atoms with Gasteiger partial charge in [0.25, 0.3) is 0 Å². The Balaban J connectivity index is 2.28. The number of hydrogen-bond acceptors (Lipinski definition) is 5. The monoisotopic (exact) mass is 360 g/mol. The van der Waals surface area contributed by atoms with Crippen molar-refractivity contribution in [1.29, 1.82) is 0 Å². The van der Waals surface area contributed by atoms with E-state index in [9.17, 15) is 19.8 Å². The molecule has 8 heteroatoms. The van der Waals surface area contributed by atoms with Crippen LogP contribution in [-0.4, -0.2) is 30.9 Å². The average Bonchev–Trinajstić information content (AvgIpc) is 3.00. The number of fused-ring (bicyclic) bond motifs is 1. The van der Waals surface area contributed by atoms with Crippen LogP contribution in [0.25, 0.3) is 22.2 Å². The summed E-state index contributed by atoms with van der Waals surface area (Å²) in [7, 11) is 0. The largest absolute Gasteiger partial charge is 0.478 e. The van der Waals surface area contributed by atoms with Gasteiger partial charge in [0.15, 0.2) is 0 Å². The van der Waals surface area contributed by atoms with Crippen LogP contribution in [0.15, 0.2) is 42.5 Å². The van der Waals surface area contributed by atoms with E-state index in [0.717, 1.165) is 11.7 Å². The van der Waals surface area contributed by atoms with Gasteiger partial charge >= 0.3 is 11.9 Å². The van der Waals surface area contributed by atoms with Crippen molar-refractivity contribution in [3.63, 3.8) is 0 Å². The van der Waals surface area contributed by atoms with Crippen LogP contribution < -0.4 is 0 Å². The number of rotatable bonds is 4. The average molecular weight is 361 g/mol. The second-order valence-corrected chi connectivity index (χ2v) is 5.80. The first-order valence-corrected chi connectivity index (χ1v) is 7.77. The van der Waals surface area contributed by atoms with Crippen molar-refractivity contribution in [2.24, 2.45) is 0 Å². The van der Waals surface area contributed by atoms with Crippen LogP contribution in [0.2, 0.25) is 5.02 Å². The second kappa shape index (κ2) is 6.38. The van der Waals surface area contributed by atoms with Crippen LogP contribution in [0.3, 0.4) is 0 Å². The van der Waals surface area contributed by atoms with Gasteiger partial charge in [-0.1, -0.05) is 29.8 Å². The lowest BCUT2D eigenvalue weighted by atomic mass is 9.94. The van der Waals surface area contributed by atoms with E-state index in [2.05, 4.69) is 8.75 Å². The maximum absolute atomic E-state index is 11.8. The van der Waals surface area contributed by atoms with Gasteiger partial charge in [0, 0.05) is 5.02 Å². The molecule has 0 amide bonds. The van der Waals surface area contributed by atoms with Crippen LogP contribution in [0.4, 0.5) is 0 Å². The van der Waals surface area contributed by atoms with Crippen molar-refractivity contribution in [3.8, 4) is 0 Å². The molecule has 0 fully saturated rings. The smallest absolute Gasteiger partial charge is 0.337 e. The van der Waals surface area contributed by atoms with Gasteiger partial charge in [-0.15, -0.1) is 0 Å². The fraction of sp³-hybridized carbons (Fsp3) is 0. The zero-order valence-electron chi connectivity index (χ0n) is 11.9. The maximum Gasteiger partial charge on any atom is 0.337 e. The van der Waals surface area contributed by atoms with Crippen LogP contribution in [0.5, 0.6) is 0 Å². The van der Waals surface area contributed by atoms with Crippen molar-refractivity contribution in [2.75, 3.05) is 0 Å². The Hall–Kier alpha value is -2.77. The van der Waals surface area contributed by atoms with Crippen molar-refractivity contribution in [1.82, 2.24) is 8.75 Å². The Kier molecular flexibility index (Phi) is 4.28. The maximum atomic E-state index is 11.8. The summed E-state index contributed by atoms with van der Waals surface area (Å²) in [6, 6.07) is 10.6. The zero-order chi connectivity index (χ0) is 17.3. The molecule has 120 valence electrons. The van der Waals surface area contributed by atoms with Crippen molar-refractivity contribution < 1.29 is 19.8 Å². The Morgan fingerprint density at radius 2 is 1.38 bits per heavy atom. The van der Waals surface area contributed by atoms with E-state index in [4.69, 9.17) is 11.6 Å². The lowest BCUT2D eigenvalue weighted by Crippen LogP contribution is -2.10. The summed E-state index contributed by atoms with van der Waals surface area (Å²) >= 11 is 6.81. The van der Waals surface area contributed by atoms with E-state index < -0.39 is 11.9 Å². The molecule has 3 rings (SSSR count). The summed E-state index contributed by atoms with van der Waals surface area (Å²) in [6.07, 6.45) is 0. The molecule has 2 N–H and O–H groups in total. The summed E-state index contributed by atoms with van der Waals surface area (Å²) < 4.78 is 8.11. The number of benzene rings is 2. The molecule has 0 spiro atoms. The van der Waals surface area contributed by atoms with Crippen molar-refractivity contribution in [2.45, 2.75) is 0 Å². The lowest BCUT2D eigenvalue weighted by molar-refractivity contribution is -0.132. The van der Waals surface area contributed by atoms with Gasteiger partial charge in [-0.2, -0.15) is 8.75 Å². The minimum absolute atomic E-state index is 0.245. The Bertz CT molecular complexity index is 979. The molecular formula is C16H9ClN2O4S. The van der Waals surface area contributed by atoms with Gasteiger partial charge in [-0.3, -0.25) is 0 Å². The number of aromatic nitrogens is 2. The second-order valence-electron chi connectivity index (χ2n) is 4.83. The highest BCUT2D eigenvalue weighted by molar-refractivity contribution is 7.00. The number of halogens is 1. The first-order chi connectivity index (χ1) is 11.5. The van der Waals surface area contributed by atoms with E-state index in [1.807, 2.05) is 0 Å². The van der Waals surface area contributed by atoms with E-state index in [1.54, 1.807) is 6.07 Å². The molecule has 1 aromatic heterocycles. The first-order valence-electron chi connectivity index (χ1n) is 6.67. The summed E-state index contributed by atoms with van der Waals surface area (Å²) in [5, 5.41) is 19.6. The predicted octanol–water partition coefficient (Wildman–Crippen LogP) is 3.42. The summed E-state index contributed by atoms with van der Waals surface area (Å²) in [5.41, 5.74) is 0.992. The molecule has 0 saturated heterocycles. The number of carbonyl (C=O) groups is 2. The summed E-state index contributed by atoms with van der Waals surface area (Å²) in [5.74, 6) is -2.68. The van der Waals surface area contributed by atoms with Gasteiger partial charge in [0.1, 0.15) is 11.0 Å². The van der Waals surface area contributed by atoms with Gasteiger partial charge in [-0.05, 0) is 35.4 Å². The van der Waals surface area contributed by atoms with Crippen LogP contribution >= 0.6 is 23.3 Å². The van der Waals surface area contributed by atoms with E-state index >= 15 is 0 Å². The summed E-state index contributed by atoms with van der Waals surface area (Å²) in [4.78, 5) is 23.5. The minimum atomic E-state index is -1.34. The van der Waals surface area contributed by atoms with Gasteiger partial charge in [0.2, 0.25) is 0 Å². The highest BCUT2D eigenvalue weighted by atomic mass is 35.5. The third-order valence-electron chi connectivity index (χ3n) is 3.35. The van der Waals surface area contributed by atoms with Crippen LogP contribution in [0.1, 0.15) is 11.1 Å². The van der Waals surface area contributed by atoms with E-state index in [-0.39, 0.29) is 22.3 Å². The predicted molar refractivity (Wildman–Crippen MR) is 91.0 cm³/mol. The standard InChI is InChI=1S/C16H9ClN2O4S/c17-10-4-1-8(2-5-10)13(15(20)21)14(16(22)23)9-3-6-11-12(7-9)19-24-18-11/h1-7H,(H,20,21)(H,22,23). The number of hydrogen-bond donors (Lipinski definition) is 2. The molecular weight excluding hydrogens is 352 g/mol. The minimum Gasteiger partial charge on any atom is -0.478 e. The van der Waals surface area contributed by atoms with Crippen molar-refractivity contribution in [3.05, 3.63) is 58.6 Å². The molecule has 1 heterocycles. The molecule has 3 aromatic rings. The third kappa shape index (κ3) is 2.99. The number of nitrogens with zero attached hydrogens (tertiary/aromatic N) is 2. The molecule has 0 saturated carbocycles. The topological polar surface area (TPSA) is 100 Å². The van der Waals surface area contributed by atoms with Crippen molar-refractivity contribution >= 4 is 57.4 Å². The molecule has 0 radical (unpaired) electrons. The SMILES string of the molecule is O=C(O)C(=C(C(=O)O)c1ccc2nsnc2c1)c1ccc(Cl)cc1. The quantitative estimate of drug-likeness (QED) is 0.546. The molecule has 2 aromatic carbocycles. The van der Waals surface area contributed by atoms with Crippen LogP contribution in [-0.2, 0) is 9.59 Å². The normalized spacial score (nSPS) is 12.0. The summed E-state index contributed by atoms with van der Waals surface area (Å²) in [6.45, 7) is 0. The van der Waals surface area contributed by atoms with E-state index in [1.165, 1.54) is 36.4 Å². The lowest BCUT2D eigenvalue weighted by Gasteiger charge is -2.10. The fourth-order valence-corrected chi connectivity index (χ4v) is 2.95. The molecule has 0 aliphatic heterocycles. The molecule has 6 nitrogen and oxygen atoms in total. The van der Waals surface area contributed by atoms with Crippen LogP contribution in [0, 0.1) is 0 Å². The van der Waals surface area contributed by atoms with Gasteiger partial charge in [0.05, 0.1) is 22.9 Å². The Morgan fingerprint density at radius 1 is 0.833 bits per heavy atom. The molecule has 0 unspecified atom stereocenters. The highest BCUT2D eigenvalue weighted by Gasteiger charge is 2.24. The first kappa shape index (κ1) is 16.1. The molecule has 0 aliphatic carbocycles. The molecule has 0 bridgehead atoms. The fourth-order valence-electron chi connectivity index (χ4n) is 2.30. The molecule has 0 aliphatic rings.